The number of rotatable bonds is 3. The van der Waals surface area contributed by atoms with Crippen LogP contribution >= 0.6 is 0 Å². The molecule has 0 spiro atoms. The summed E-state index contributed by atoms with van der Waals surface area (Å²) in [4.78, 5) is 10.5. The van der Waals surface area contributed by atoms with Gasteiger partial charge >= 0.3 is 5.97 Å². The van der Waals surface area contributed by atoms with Crippen molar-refractivity contribution in [1.82, 2.24) is 0 Å². The Bertz CT molecular complexity index is 140. The number of aliphatic hydroxyl groups excluding tert-OH is 1. The lowest BCUT2D eigenvalue weighted by atomic mass is 10.1. The minimum atomic E-state index is -0.771. The average molecular weight is 144 g/mol. The Morgan fingerprint density at radius 1 is 1.80 bits per heavy atom. The van der Waals surface area contributed by atoms with Crippen molar-refractivity contribution in [2.75, 3.05) is 7.11 Å². The molecule has 1 atom stereocenters. The Labute approximate surface area is 60.3 Å². The molecular weight excluding hydrogens is 132 g/mol. The Hall–Kier alpha value is -0.830. The first-order valence-corrected chi connectivity index (χ1v) is 2.98. The fourth-order valence-electron chi connectivity index (χ4n) is 0.415. The summed E-state index contributed by atoms with van der Waals surface area (Å²) < 4.78 is 4.33. The predicted octanol–water partition coefficient (Wildman–Crippen LogP) is 0.486. The van der Waals surface area contributed by atoms with Crippen LogP contribution in [0.25, 0.3) is 0 Å². The van der Waals surface area contributed by atoms with Gasteiger partial charge < -0.3 is 9.84 Å². The van der Waals surface area contributed by atoms with Gasteiger partial charge in [0.1, 0.15) is 0 Å². The Kier molecular flexibility index (Phi) is 3.72. The second kappa shape index (κ2) is 4.06. The monoisotopic (exact) mass is 144 g/mol. The molecule has 0 saturated heterocycles. The van der Waals surface area contributed by atoms with Crippen LogP contribution in [0, 0.1) is 0 Å². The van der Waals surface area contributed by atoms with Gasteiger partial charge in [0.05, 0.1) is 19.6 Å². The molecule has 0 heterocycles. The number of esters is 1. The summed E-state index contributed by atoms with van der Waals surface area (Å²) >= 11 is 0. The molecule has 0 aromatic heterocycles. The maximum atomic E-state index is 10.5. The number of ether oxygens (including phenoxy) is 1. The molecule has 1 N–H and O–H groups in total. The van der Waals surface area contributed by atoms with Crippen LogP contribution in [0.15, 0.2) is 12.2 Å². The lowest BCUT2D eigenvalue weighted by Crippen LogP contribution is -2.14. The van der Waals surface area contributed by atoms with Gasteiger partial charge in [0.2, 0.25) is 0 Å². The summed E-state index contributed by atoms with van der Waals surface area (Å²) in [5.41, 5.74) is 0.574. The molecule has 10 heavy (non-hydrogen) atoms. The molecule has 3 heteroatoms. The van der Waals surface area contributed by atoms with Crippen LogP contribution in [0.4, 0.5) is 0 Å². The zero-order valence-electron chi connectivity index (χ0n) is 6.26. The highest BCUT2D eigenvalue weighted by atomic mass is 16.5. The molecular formula is C7H12O3. The highest BCUT2D eigenvalue weighted by Crippen LogP contribution is 2.02. The van der Waals surface area contributed by atoms with Gasteiger partial charge in [-0.3, -0.25) is 4.79 Å². The quantitative estimate of drug-likeness (QED) is 0.463. The number of hydrogen-bond acceptors (Lipinski definition) is 3. The Morgan fingerprint density at radius 2 is 2.30 bits per heavy atom. The zero-order valence-corrected chi connectivity index (χ0v) is 6.26. The van der Waals surface area contributed by atoms with Crippen LogP contribution < -0.4 is 0 Å². The van der Waals surface area contributed by atoms with Gasteiger partial charge in [0, 0.05) is 0 Å². The van der Waals surface area contributed by atoms with Crippen LogP contribution in [0.2, 0.25) is 0 Å². The molecule has 1 unspecified atom stereocenters. The first-order chi connectivity index (χ1) is 4.57. The van der Waals surface area contributed by atoms with Crippen LogP contribution in [-0.4, -0.2) is 24.3 Å². The number of carbonyl (C=O) groups is 1. The van der Waals surface area contributed by atoms with Crippen LogP contribution in [-0.2, 0) is 9.53 Å². The number of methoxy groups -OCH3 is 1. The lowest BCUT2D eigenvalue weighted by Gasteiger charge is -2.06. The Balaban J connectivity index is 3.68. The topological polar surface area (TPSA) is 46.5 Å². The second-order valence-corrected chi connectivity index (χ2v) is 2.14. The molecule has 0 amide bonds. The summed E-state index contributed by atoms with van der Waals surface area (Å²) in [6.45, 7) is 5.14. The Morgan fingerprint density at radius 3 is 2.60 bits per heavy atom. The minimum Gasteiger partial charge on any atom is -0.469 e. The van der Waals surface area contributed by atoms with E-state index in [9.17, 15) is 4.79 Å². The summed E-state index contributed by atoms with van der Waals surface area (Å²) in [7, 11) is 1.29. The van der Waals surface area contributed by atoms with Crippen molar-refractivity contribution >= 4 is 5.97 Å². The van der Waals surface area contributed by atoms with E-state index >= 15 is 0 Å². The van der Waals surface area contributed by atoms with Gasteiger partial charge in [-0.15, -0.1) is 0 Å². The number of aliphatic hydroxyl groups is 1. The molecule has 0 aliphatic rings. The highest BCUT2D eigenvalue weighted by molar-refractivity contribution is 5.70. The van der Waals surface area contributed by atoms with Gasteiger partial charge in [-0.1, -0.05) is 12.2 Å². The third-order valence-electron chi connectivity index (χ3n) is 1.16. The molecule has 3 nitrogen and oxygen atoms in total. The summed E-state index contributed by atoms with van der Waals surface area (Å²) in [6.07, 6.45) is -0.779. The van der Waals surface area contributed by atoms with E-state index < -0.39 is 12.1 Å². The molecule has 58 valence electrons. The molecule has 0 saturated carbocycles. The third-order valence-corrected chi connectivity index (χ3v) is 1.16. The van der Waals surface area contributed by atoms with Crippen LogP contribution in [0.5, 0.6) is 0 Å². The first kappa shape index (κ1) is 9.17. The standard InChI is InChI=1S/C7H12O3/c1-5(2)6(8)4-7(9)10-3/h6,8H,1,4H2,2-3H3. The van der Waals surface area contributed by atoms with Crippen molar-refractivity contribution in [2.45, 2.75) is 19.4 Å². The van der Waals surface area contributed by atoms with Gasteiger partial charge in [0.15, 0.2) is 0 Å². The average Bonchev–Trinajstić information content (AvgIpc) is 1.87. The van der Waals surface area contributed by atoms with Crippen molar-refractivity contribution < 1.29 is 14.6 Å². The van der Waals surface area contributed by atoms with E-state index in [0.29, 0.717) is 5.57 Å². The molecule has 0 aliphatic carbocycles. The SMILES string of the molecule is C=C(C)C(O)CC(=O)OC. The van der Waals surface area contributed by atoms with E-state index in [1.165, 1.54) is 7.11 Å². The van der Waals surface area contributed by atoms with E-state index in [4.69, 9.17) is 5.11 Å². The van der Waals surface area contributed by atoms with Gasteiger partial charge in [-0.2, -0.15) is 0 Å². The van der Waals surface area contributed by atoms with Gasteiger partial charge in [-0.05, 0) is 6.92 Å². The highest BCUT2D eigenvalue weighted by Gasteiger charge is 2.10. The molecule has 0 aromatic rings. The summed E-state index contributed by atoms with van der Waals surface area (Å²) in [6, 6.07) is 0. The lowest BCUT2D eigenvalue weighted by molar-refractivity contribution is -0.142. The van der Waals surface area contributed by atoms with Crippen LogP contribution in [0.3, 0.4) is 0 Å². The smallest absolute Gasteiger partial charge is 0.308 e. The fraction of sp³-hybridized carbons (Fsp3) is 0.571. The zero-order chi connectivity index (χ0) is 8.15. The van der Waals surface area contributed by atoms with Crippen LogP contribution in [0.1, 0.15) is 13.3 Å². The molecule has 0 rings (SSSR count). The fourth-order valence-corrected chi connectivity index (χ4v) is 0.415. The van der Waals surface area contributed by atoms with Crippen molar-refractivity contribution in [1.29, 1.82) is 0 Å². The van der Waals surface area contributed by atoms with E-state index in [2.05, 4.69) is 11.3 Å². The predicted molar refractivity (Wildman–Crippen MR) is 37.5 cm³/mol. The summed E-state index contributed by atoms with van der Waals surface area (Å²) in [5.74, 6) is -0.421. The third kappa shape index (κ3) is 3.25. The second-order valence-electron chi connectivity index (χ2n) is 2.14. The molecule has 0 aromatic carbocycles. The molecule has 0 fully saturated rings. The minimum absolute atomic E-state index is 0.00810. The number of carbonyl (C=O) groups excluding carboxylic acids is 1. The molecule has 0 aliphatic heterocycles. The molecule has 0 bridgehead atoms. The maximum absolute atomic E-state index is 10.5. The van der Waals surface area contributed by atoms with Gasteiger partial charge in [-0.25, -0.2) is 0 Å². The van der Waals surface area contributed by atoms with E-state index in [1.54, 1.807) is 6.92 Å². The molecule has 0 radical (unpaired) electrons. The normalized spacial score (nSPS) is 12.3. The van der Waals surface area contributed by atoms with E-state index in [-0.39, 0.29) is 6.42 Å². The van der Waals surface area contributed by atoms with E-state index in [1.807, 2.05) is 0 Å². The van der Waals surface area contributed by atoms with Crippen molar-refractivity contribution in [3.8, 4) is 0 Å². The summed E-state index contributed by atoms with van der Waals surface area (Å²) in [5, 5.41) is 9.03. The van der Waals surface area contributed by atoms with Gasteiger partial charge in [0.25, 0.3) is 0 Å². The van der Waals surface area contributed by atoms with Crippen molar-refractivity contribution in [3.63, 3.8) is 0 Å². The maximum Gasteiger partial charge on any atom is 0.308 e. The largest absolute Gasteiger partial charge is 0.469 e. The first-order valence-electron chi connectivity index (χ1n) is 2.98. The number of hydrogen-bond donors (Lipinski definition) is 1. The van der Waals surface area contributed by atoms with Crippen molar-refractivity contribution in [3.05, 3.63) is 12.2 Å². The van der Waals surface area contributed by atoms with Crippen molar-refractivity contribution in [2.24, 2.45) is 0 Å². The van der Waals surface area contributed by atoms with E-state index in [0.717, 1.165) is 0 Å².